The van der Waals surface area contributed by atoms with Crippen molar-refractivity contribution in [2.75, 3.05) is 23.9 Å². The van der Waals surface area contributed by atoms with Crippen molar-refractivity contribution in [3.8, 4) is 0 Å². The molecule has 1 N–H and O–H groups in total. The number of anilines is 1. The van der Waals surface area contributed by atoms with E-state index in [1.54, 1.807) is 16.3 Å². The Balaban J connectivity index is 1.41. The van der Waals surface area contributed by atoms with E-state index in [0.717, 1.165) is 35.5 Å². The van der Waals surface area contributed by atoms with Gasteiger partial charge in [0.25, 0.3) is 5.56 Å². The van der Waals surface area contributed by atoms with Crippen molar-refractivity contribution < 1.29 is 9.53 Å². The number of hydrogen-bond acceptors (Lipinski definition) is 8. The van der Waals surface area contributed by atoms with Gasteiger partial charge >= 0.3 is 0 Å². The van der Waals surface area contributed by atoms with E-state index in [1.807, 2.05) is 46.4 Å². The zero-order valence-electron chi connectivity index (χ0n) is 17.3. The quantitative estimate of drug-likeness (QED) is 0.397. The van der Waals surface area contributed by atoms with Crippen LogP contribution in [0.1, 0.15) is 12.8 Å². The number of carbonyl (C=O) groups excluding carboxylic acids is 1. The molecule has 4 aromatic rings. The molecule has 1 atom stereocenters. The molecule has 8 nitrogen and oxygen atoms in total. The Kier molecular flexibility index (Phi) is 6.22. The zero-order chi connectivity index (χ0) is 22.1. The van der Waals surface area contributed by atoms with Crippen LogP contribution in [0.2, 0.25) is 0 Å². The Labute approximate surface area is 196 Å². The Morgan fingerprint density at radius 3 is 3.06 bits per heavy atom. The van der Waals surface area contributed by atoms with Crippen molar-refractivity contribution in [1.82, 2.24) is 19.2 Å². The fourth-order valence-electron chi connectivity index (χ4n) is 3.78. The number of rotatable bonds is 7. The molecule has 5 rings (SSSR count). The molecule has 1 saturated heterocycles. The first kappa shape index (κ1) is 21.5. The van der Waals surface area contributed by atoms with Crippen LogP contribution in [-0.2, 0) is 16.1 Å². The molecule has 1 aliphatic heterocycles. The van der Waals surface area contributed by atoms with Gasteiger partial charge in [-0.1, -0.05) is 17.8 Å². The van der Waals surface area contributed by atoms with E-state index in [9.17, 15) is 9.59 Å². The van der Waals surface area contributed by atoms with E-state index in [2.05, 4.69) is 15.5 Å². The van der Waals surface area contributed by atoms with E-state index in [0.29, 0.717) is 22.2 Å². The SMILES string of the molecule is CSc1cccc(NC(=O)CSc2nnc3n(CC4CCCO4)c(=O)c4sccc4n23)c1. The van der Waals surface area contributed by atoms with Gasteiger partial charge in [-0.15, -0.1) is 33.3 Å². The van der Waals surface area contributed by atoms with Crippen LogP contribution in [0.15, 0.2) is 50.6 Å². The maximum Gasteiger partial charge on any atom is 0.272 e. The second-order valence-electron chi connectivity index (χ2n) is 7.37. The molecule has 3 aromatic heterocycles. The van der Waals surface area contributed by atoms with Crippen LogP contribution in [0.5, 0.6) is 0 Å². The number of hydrogen-bond donors (Lipinski definition) is 1. The van der Waals surface area contributed by atoms with Crippen LogP contribution >= 0.6 is 34.9 Å². The molecule has 32 heavy (non-hydrogen) atoms. The highest BCUT2D eigenvalue weighted by Crippen LogP contribution is 2.26. The highest BCUT2D eigenvalue weighted by atomic mass is 32.2. The molecular formula is C21H21N5O3S3. The molecule has 0 bridgehead atoms. The van der Waals surface area contributed by atoms with Gasteiger partial charge in [0.05, 0.1) is 23.9 Å². The van der Waals surface area contributed by atoms with Gasteiger partial charge in [0.1, 0.15) is 4.70 Å². The summed E-state index contributed by atoms with van der Waals surface area (Å²) in [6.07, 6.45) is 3.93. The van der Waals surface area contributed by atoms with Crippen LogP contribution in [0, 0.1) is 0 Å². The van der Waals surface area contributed by atoms with Gasteiger partial charge in [-0.25, -0.2) is 0 Å². The lowest BCUT2D eigenvalue weighted by Gasteiger charge is -2.13. The Bertz CT molecular complexity index is 1340. The Hall–Kier alpha value is -2.34. The lowest BCUT2D eigenvalue weighted by atomic mass is 10.2. The summed E-state index contributed by atoms with van der Waals surface area (Å²) < 4.78 is 9.91. The molecule has 0 aliphatic carbocycles. The minimum absolute atomic E-state index is 0.00420. The van der Waals surface area contributed by atoms with Crippen molar-refractivity contribution in [2.45, 2.75) is 35.5 Å². The smallest absolute Gasteiger partial charge is 0.272 e. The van der Waals surface area contributed by atoms with E-state index in [4.69, 9.17) is 4.74 Å². The third-order valence-electron chi connectivity index (χ3n) is 5.28. The number of carbonyl (C=O) groups is 1. The summed E-state index contributed by atoms with van der Waals surface area (Å²) in [6.45, 7) is 1.17. The molecule has 1 fully saturated rings. The number of fused-ring (bicyclic) bond motifs is 3. The molecular weight excluding hydrogens is 466 g/mol. The minimum Gasteiger partial charge on any atom is -0.376 e. The van der Waals surface area contributed by atoms with Gasteiger partial charge in [0.15, 0.2) is 5.16 Å². The van der Waals surface area contributed by atoms with Crippen molar-refractivity contribution in [2.24, 2.45) is 0 Å². The van der Waals surface area contributed by atoms with Gasteiger partial charge in [-0.2, -0.15) is 0 Å². The average Bonchev–Trinajstić information content (AvgIpc) is 3.56. The number of nitrogens with zero attached hydrogens (tertiary/aromatic N) is 4. The summed E-state index contributed by atoms with van der Waals surface area (Å²) >= 11 is 4.33. The molecule has 0 spiro atoms. The predicted molar refractivity (Wildman–Crippen MR) is 129 cm³/mol. The Morgan fingerprint density at radius 2 is 2.25 bits per heavy atom. The highest BCUT2D eigenvalue weighted by Gasteiger charge is 2.23. The molecule has 1 aliphatic rings. The first-order valence-corrected chi connectivity index (χ1v) is 13.3. The third-order valence-corrected chi connectivity index (χ3v) is 7.82. The van der Waals surface area contributed by atoms with Crippen LogP contribution in [0.25, 0.3) is 16.0 Å². The molecule has 0 saturated carbocycles. The third kappa shape index (κ3) is 4.17. The highest BCUT2D eigenvalue weighted by molar-refractivity contribution is 7.99. The Morgan fingerprint density at radius 1 is 1.34 bits per heavy atom. The average molecular weight is 488 g/mol. The van der Waals surface area contributed by atoms with E-state index < -0.39 is 0 Å². The number of aromatic nitrogens is 4. The normalized spacial score (nSPS) is 16.2. The van der Waals surface area contributed by atoms with Gasteiger partial charge in [-0.05, 0) is 48.7 Å². The van der Waals surface area contributed by atoms with Crippen LogP contribution < -0.4 is 10.9 Å². The minimum atomic E-state index is -0.126. The number of thioether (sulfide) groups is 2. The maximum atomic E-state index is 13.1. The number of benzene rings is 1. The van der Waals surface area contributed by atoms with Gasteiger partial charge < -0.3 is 10.1 Å². The number of thiophene rings is 1. The summed E-state index contributed by atoms with van der Waals surface area (Å²) in [5.41, 5.74) is 1.45. The maximum absolute atomic E-state index is 13.1. The lowest BCUT2D eigenvalue weighted by molar-refractivity contribution is -0.113. The lowest BCUT2D eigenvalue weighted by Crippen LogP contribution is -2.28. The molecule has 4 heterocycles. The van der Waals surface area contributed by atoms with Crippen LogP contribution in [0.3, 0.4) is 0 Å². The number of ether oxygens (including phenoxy) is 1. The standard InChI is InChI=1S/C21H21N5O3S3/c1-30-15-6-2-4-13(10-15)22-17(27)12-32-21-24-23-20-25(11-14-5-3-8-29-14)19(28)18-16(26(20)21)7-9-31-18/h2,4,6-7,9-10,14H,3,5,8,11-12H2,1H3,(H,22,27). The second kappa shape index (κ2) is 9.26. The summed E-state index contributed by atoms with van der Waals surface area (Å²) in [5.74, 6) is 0.534. The zero-order valence-corrected chi connectivity index (χ0v) is 19.8. The summed E-state index contributed by atoms with van der Waals surface area (Å²) in [7, 11) is 0. The summed E-state index contributed by atoms with van der Waals surface area (Å²) in [6, 6.07) is 9.62. The topological polar surface area (TPSA) is 90.5 Å². The van der Waals surface area contributed by atoms with Crippen LogP contribution in [0.4, 0.5) is 5.69 Å². The van der Waals surface area contributed by atoms with Crippen molar-refractivity contribution >= 4 is 62.4 Å². The summed E-state index contributed by atoms with van der Waals surface area (Å²) in [5, 5.41) is 14.0. The second-order valence-corrected chi connectivity index (χ2v) is 10.1. The number of amides is 1. The van der Waals surface area contributed by atoms with Crippen molar-refractivity contribution in [3.63, 3.8) is 0 Å². The van der Waals surface area contributed by atoms with Crippen molar-refractivity contribution in [3.05, 3.63) is 46.1 Å². The van der Waals surface area contributed by atoms with Gasteiger partial charge in [-0.3, -0.25) is 18.6 Å². The summed E-state index contributed by atoms with van der Waals surface area (Å²) in [4.78, 5) is 26.7. The molecule has 0 radical (unpaired) electrons. The fourth-order valence-corrected chi connectivity index (χ4v) is 5.80. The monoisotopic (exact) mass is 487 g/mol. The molecule has 1 amide bonds. The van der Waals surface area contributed by atoms with Gasteiger partial charge in [0, 0.05) is 17.2 Å². The molecule has 166 valence electrons. The van der Waals surface area contributed by atoms with E-state index in [-0.39, 0.29) is 23.3 Å². The first-order valence-electron chi connectivity index (χ1n) is 10.2. The first-order chi connectivity index (χ1) is 15.6. The molecule has 1 unspecified atom stereocenters. The van der Waals surface area contributed by atoms with E-state index in [1.165, 1.54) is 23.1 Å². The van der Waals surface area contributed by atoms with Gasteiger partial charge in [0.2, 0.25) is 11.7 Å². The van der Waals surface area contributed by atoms with E-state index >= 15 is 0 Å². The predicted octanol–water partition coefficient (Wildman–Crippen LogP) is 3.74. The fraction of sp³-hybridized carbons (Fsp3) is 0.333. The molecule has 11 heteroatoms. The van der Waals surface area contributed by atoms with Crippen LogP contribution in [-0.4, -0.2) is 49.8 Å². The van der Waals surface area contributed by atoms with Crippen molar-refractivity contribution in [1.29, 1.82) is 0 Å². The number of nitrogens with one attached hydrogen (secondary N) is 1. The largest absolute Gasteiger partial charge is 0.376 e. The molecule has 1 aromatic carbocycles.